The molecule has 1 atom stereocenters. The molecule has 6 nitrogen and oxygen atoms in total. The van der Waals surface area contributed by atoms with Crippen molar-refractivity contribution >= 4 is 23.4 Å². The Morgan fingerprint density at radius 3 is 2.37 bits per heavy atom. The van der Waals surface area contributed by atoms with Gasteiger partial charge in [-0.2, -0.15) is 0 Å². The first-order valence-corrected chi connectivity index (χ1v) is 10.1. The molecule has 158 valence electrons. The number of hydrogen-bond donors (Lipinski definition) is 0. The van der Waals surface area contributed by atoms with Crippen molar-refractivity contribution in [2.45, 2.75) is 45.7 Å². The minimum Gasteiger partial charge on any atom is -0.494 e. The molecule has 0 N–H and O–H groups in total. The third-order valence-corrected chi connectivity index (χ3v) is 4.96. The van der Waals surface area contributed by atoms with E-state index in [-0.39, 0.29) is 37.0 Å². The fraction of sp³-hybridized carbons (Fsp3) is 0.348. The highest BCUT2D eigenvalue weighted by molar-refractivity contribution is 6.23. The van der Waals surface area contributed by atoms with Gasteiger partial charge in [0.05, 0.1) is 18.7 Å². The largest absolute Gasteiger partial charge is 0.494 e. The van der Waals surface area contributed by atoms with Crippen molar-refractivity contribution in [2.24, 2.45) is 0 Å². The number of amides is 3. The minimum absolute atomic E-state index is 0.0807. The molecule has 1 fully saturated rings. The molecule has 3 amide bonds. The quantitative estimate of drug-likeness (QED) is 0.621. The van der Waals surface area contributed by atoms with Crippen molar-refractivity contribution in [3.63, 3.8) is 0 Å². The number of halogens is 1. The molecule has 7 heteroatoms. The molecule has 0 saturated carbocycles. The van der Waals surface area contributed by atoms with Crippen LogP contribution in [0.25, 0.3) is 0 Å². The Bertz CT molecular complexity index is 912. The van der Waals surface area contributed by atoms with Gasteiger partial charge in [-0.05, 0) is 55.3 Å². The highest BCUT2D eigenvalue weighted by atomic mass is 19.1. The summed E-state index contributed by atoms with van der Waals surface area (Å²) < 4.78 is 18.6. The summed E-state index contributed by atoms with van der Waals surface area (Å²) in [4.78, 5) is 41.1. The molecule has 0 aliphatic carbocycles. The van der Waals surface area contributed by atoms with Crippen molar-refractivity contribution in [1.82, 2.24) is 4.90 Å². The Balaban J connectivity index is 1.84. The van der Waals surface area contributed by atoms with Crippen molar-refractivity contribution < 1.29 is 23.5 Å². The number of carbonyl (C=O) groups is 3. The summed E-state index contributed by atoms with van der Waals surface area (Å²) in [6.45, 7) is 4.40. The molecule has 0 aromatic heterocycles. The van der Waals surface area contributed by atoms with E-state index in [2.05, 4.69) is 0 Å². The molecule has 30 heavy (non-hydrogen) atoms. The Morgan fingerprint density at radius 2 is 1.77 bits per heavy atom. The van der Waals surface area contributed by atoms with E-state index in [1.54, 1.807) is 36.4 Å². The van der Waals surface area contributed by atoms with Gasteiger partial charge in [0.15, 0.2) is 0 Å². The zero-order chi connectivity index (χ0) is 21.7. The molecule has 1 heterocycles. The van der Waals surface area contributed by atoms with Crippen LogP contribution in [0.5, 0.6) is 5.75 Å². The van der Waals surface area contributed by atoms with Crippen LogP contribution in [0.2, 0.25) is 0 Å². The molecular weight excluding hydrogens is 387 g/mol. The van der Waals surface area contributed by atoms with Crippen LogP contribution in [0.4, 0.5) is 10.1 Å². The van der Waals surface area contributed by atoms with Gasteiger partial charge in [-0.15, -0.1) is 0 Å². The highest BCUT2D eigenvalue weighted by Crippen LogP contribution is 2.28. The molecule has 0 spiro atoms. The number of anilines is 1. The lowest BCUT2D eigenvalue weighted by atomic mass is 10.1. The van der Waals surface area contributed by atoms with E-state index >= 15 is 0 Å². The van der Waals surface area contributed by atoms with Gasteiger partial charge in [0.1, 0.15) is 17.6 Å². The fourth-order valence-corrected chi connectivity index (χ4v) is 3.50. The molecule has 2 aromatic carbocycles. The molecule has 1 unspecified atom stereocenters. The van der Waals surface area contributed by atoms with Gasteiger partial charge in [-0.1, -0.05) is 19.1 Å². The first-order chi connectivity index (χ1) is 14.4. The first kappa shape index (κ1) is 21.5. The van der Waals surface area contributed by atoms with E-state index in [4.69, 9.17) is 4.74 Å². The van der Waals surface area contributed by atoms with Gasteiger partial charge in [-0.25, -0.2) is 9.29 Å². The van der Waals surface area contributed by atoms with Crippen LogP contribution < -0.4 is 9.64 Å². The van der Waals surface area contributed by atoms with Gasteiger partial charge in [0.25, 0.3) is 5.91 Å². The molecular formula is C23H25FN2O4. The van der Waals surface area contributed by atoms with E-state index in [1.165, 1.54) is 17.0 Å². The predicted octanol–water partition coefficient (Wildman–Crippen LogP) is 3.69. The maximum absolute atomic E-state index is 13.2. The topological polar surface area (TPSA) is 66.9 Å². The van der Waals surface area contributed by atoms with Gasteiger partial charge in [0.2, 0.25) is 11.8 Å². The first-order valence-electron chi connectivity index (χ1n) is 10.1. The van der Waals surface area contributed by atoms with Crippen LogP contribution in [0.15, 0.2) is 48.5 Å². The van der Waals surface area contributed by atoms with Crippen molar-refractivity contribution in [3.8, 4) is 5.75 Å². The maximum atomic E-state index is 13.2. The van der Waals surface area contributed by atoms with Crippen molar-refractivity contribution in [1.29, 1.82) is 0 Å². The predicted molar refractivity (Wildman–Crippen MR) is 110 cm³/mol. The maximum Gasteiger partial charge on any atom is 0.257 e. The summed E-state index contributed by atoms with van der Waals surface area (Å²) in [6.07, 6.45) is 0.807. The summed E-state index contributed by atoms with van der Waals surface area (Å²) >= 11 is 0. The van der Waals surface area contributed by atoms with Crippen LogP contribution in [0.1, 0.15) is 38.7 Å². The normalized spacial score (nSPS) is 16.1. The Labute approximate surface area is 175 Å². The third-order valence-electron chi connectivity index (χ3n) is 4.96. The lowest BCUT2D eigenvalue weighted by Gasteiger charge is -2.28. The molecule has 0 bridgehead atoms. The van der Waals surface area contributed by atoms with Crippen LogP contribution in [0, 0.1) is 5.82 Å². The summed E-state index contributed by atoms with van der Waals surface area (Å²) in [5.74, 6) is -0.730. The second-order valence-corrected chi connectivity index (χ2v) is 7.11. The van der Waals surface area contributed by atoms with E-state index < -0.39 is 11.9 Å². The number of carbonyl (C=O) groups excluding carboxylic acids is 3. The molecule has 2 aromatic rings. The lowest BCUT2D eigenvalue weighted by Crippen LogP contribution is -2.45. The molecule has 3 rings (SSSR count). The van der Waals surface area contributed by atoms with E-state index in [1.807, 2.05) is 13.8 Å². The molecule has 0 radical (unpaired) electrons. The van der Waals surface area contributed by atoms with Crippen LogP contribution in [-0.4, -0.2) is 35.3 Å². The highest BCUT2D eigenvalue weighted by Gasteiger charge is 2.44. The van der Waals surface area contributed by atoms with Crippen LogP contribution in [0.3, 0.4) is 0 Å². The number of imide groups is 1. The average molecular weight is 412 g/mol. The standard InChI is InChI=1S/C23H25FN2O4/c1-3-5-21(27)25(15-16-6-8-17(24)9-7-16)20-14-22(28)26(23(20)29)18-10-12-19(13-11-18)30-4-2/h6-13,20H,3-5,14-15H2,1-2H3. The Morgan fingerprint density at radius 1 is 1.10 bits per heavy atom. The molecule has 1 aliphatic rings. The fourth-order valence-electron chi connectivity index (χ4n) is 3.50. The van der Waals surface area contributed by atoms with Gasteiger partial charge in [-0.3, -0.25) is 14.4 Å². The third kappa shape index (κ3) is 4.67. The minimum atomic E-state index is -0.881. The van der Waals surface area contributed by atoms with Crippen molar-refractivity contribution in [3.05, 3.63) is 59.9 Å². The number of ether oxygens (including phenoxy) is 1. The number of rotatable bonds is 8. The van der Waals surface area contributed by atoms with Crippen LogP contribution in [-0.2, 0) is 20.9 Å². The number of nitrogens with zero attached hydrogens (tertiary/aromatic N) is 2. The van der Waals surface area contributed by atoms with E-state index in [0.717, 1.165) is 4.90 Å². The van der Waals surface area contributed by atoms with E-state index in [9.17, 15) is 18.8 Å². The zero-order valence-electron chi connectivity index (χ0n) is 17.1. The van der Waals surface area contributed by atoms with Gasteiger partial charge >= 0.3 is 0 Å². The van der Waals surface area contributed by atoms with Crippen molar-refractivity contribution in [2.75, 3.05) is 11.5 Å². The summed E-state index contributed by atoms with van der Waals surface area (Å²) in [5.41, 5.74) is 1.14. The lowest BCUT2D eigenvalue weighted by molar-refractivity contribution is -0.139. The number of hydrogen-bond acceptors (Lipinski definition) is 4. The molecule has 1 aliphatic heterocycles. The second-order valence-electron chi connectivity index (χ2n) is 7.11. The number of benzene rings is 2. The average Bonchev–Trinajstić information content (AvgIpc) is 3.02. The summed E-state index contributed by atoms with van der Waals surface area (Å²) in [5, 5.41) is 0. The van der Waals surface area contributed by atoms with E-state index in [0.29, 0.717) is 30.0 Å². The Hall–Kier alpha value is -3.22. The zero-order valence-corrected chi connectivity index (χ0v) is 17.1. The van der Waals surface area contributed by atoms with Crippen LogP contribution >= 0.6 is 0 Å². The van der Waals surface area contributed by atoms with Gasteiger partial charge in [0, 0.05) is 13.0 Å². The SMILES string of the molecule is CCCC(=O)N(Cc1ccc(F)cc1)C1CC(=O)N(c2ccc(OCC)cc2)C1=O. The molecule has 1 saturated heterocycles. The second kappa shape index (κ2) is 9.52. The monoisotopic (exact) mass is 412 g/mol. The smallest absolute Gasteiger partial charge is 0.257 e. The Kier molecular flexibility index (Phi) is 6.82. The summed E-state index contributed by atoms with van der Waals surface area (Å²) in [7, 11) is 0. The summed E-state index contributed by atoms with van der Waals surface area (Å²) in [6, 6.07) is 11.6. The van der Waals surface area contributed by atoms with Gasteiger partial charge < -0.3 is 9.64 Å².